The second-order valence-corrected chi connectivity index (χ2v) is 4.70. The number of nitrogens with one attached hydrogen (secondary N) is 1. The number of carbonyl (C=O) groups is 1. The molecule has 0 saturated heterocycles. The fourth-order valence-corrected chi connectivity index (χ4v) is 1.77. The zero-order valence-corrected chi connectivity index (χ0v) is 13.1. The van der Waals surface area contributed by atoms with Crippen LogP contribution >= 0.6 is 0 Å². The molecule has 0 aliphatic heterocycles. The van der Waals surface area contributed by atoms with Crippen molar-refractivity contribution in [1.82, 2.24) is 5.32 Å². The first kappa shape index (κ1) is 19.4. The molecule has 0 aliphatic carbocycles. The lowest BCUT2D eigenvalue weighted by molar-refractivity contribution is -0.384. The topological polar surface area (TPSA) is 113 Å². The number of nitro benzene ring substituents is 1. The molecule has 0 fully saturated rings. The van der Waals surface area contributed by atoms with Crippen LogP contribution in [0.4, 0.5) is 5.69 Å². The molecule has 7 heteroatoms. The van der Waals surface area contributed by atoms with E-state index in [9.17, 15) is 14.9 Å². The van der Waals surface area contributed by atoms with Crippen LogP contribution in [0.3, 0.4) is 0 Å². The van der Waals surface area contributed by atoms with Crippen molar-refractivity contribution in [2.24, 2.45) is 0 Å². The smallest absolute Gasteiger partial charge is 0.269 e. The summed E-state index contributed by atoms with van der Waals surface area (Å²) in [5.41, 5.74) is 0.998. The molecule has 0 saturated carbocycles. The van der Waals surface area contributed by atoms with Gasteiger partial charge in [0.1, 0.15) is 0 Å². The highest BCUT2D eigenvalue weighted by molar-refractivity contribution is 6.09. The Balaban J connectivity index is 0.000000351. The zero-order valence-electron chi connectivity index (χ0n) is 13.1. The zero-order chi connectivity index (χ0) is 17.8. The van der Waals surface area contributed by atoms with Crippen molar-refractivity contribution in [2.45, 2.75) is 0 Å². The van der Waals surface area contributed by atoms with E-state index in [0.717, 1.165) is 0 Å². The van der Waals surface area contributed by atoms with Crippen LogP contribution in [-0.2, 0) is 0 Å². The number of rotatable bonds is 7. The molecule has 0 bridgehead atoms. The summed E-state index contributed by atoms with van der Waals surface area (Å²) in [4.78, 5) is 21.9. The third-order valence-corrected chi connectivity index (χ3v) is 2.95. The Morgan fingerprint density at radius 2 is 1.42 bits per heavy atom. The summed E-state index contributed by atoms with van der Waals surface area (Å²) < 4.78 is 0. The highest BCUT2D eigenvalue weighted by atomic mass is 16.6. The summed E-state index contributed by atoms with van der Waals surface area (Å²) in [6.45, 7) is 1.42. The van der Waals surface area contributed by atoms with Gasteiger partial charge >= 0.3 is 0 Å². The summed E-state index contributed by atoms with van der Waals surface area (Å²) in [5.74, 6) is -0.138. The number of non-ortho nitro benzene ring substituents is 1. The summed E-state index contributed by atoms with van der Waals surface area (Å²) in [7, 11) is 0. The van der Waals surface area contributed by atoms with Crippen LogP contribution < -0.4 is 5.32 Å². The number of aliphatic hydroxyl groups is 2. The number of hydrogen-bond acceptors (Lipinski definition) is 6. The van der Waals surface area contributed by atoms with Crippen molar-refractivity contribution >= 4 is 11.5 Å². The van der Waals surface area contributed by atoms with E-state index in [2.05, 4.69) is 5.32 Å². The summed E-state index contributed by atoms with van der Waals surface area (Å²) in [6.07, 6.45) is 0. The second-order valence-electron chi connectivity index (χ2n) is 4.70. The number of benzene rings is 2. The molecule has 0 aromatic heterocycles. The van der Waals surface area contributed by atoms with Gasteiger partial charge in [0, 0.05) is 36.3 Å². The Bertz CT molecular complexity index is 625. The van der Waals surface area contributed by atoms with E-state index in [1.165, 1.54) is 24.3 Å². The fourth-order valence-electron chi connectivity index (χ4n) is 1.77. The van der Waals surface area contributed by atoms with E-state index < -0.39 is 4.92 Å². The number of aliphatic hydroxyl groups excluding tert-OH is 2. The van der Waals surface area contributed by atoms with Crippen molar-refractivity contribution < 1.29 is 19.9 Å². The first-order chi connectivity index (χ1) is 11.6. The predicted octanol–water partition coefficient (Wildman–Crippen LogP) is 1.39. The van der Waals surface area contributed by atoms with Gasteiger partial charge in [0.05, 0.1) is 18.1 Å². The molecule has 0 aliphatic rings. The van der Waals surface area contributed by atoms with Gasteiger partial charge in [0.25, 0.3) is 5.69 Å². The highest BCUT2D eigenvalue weighted by Crippen LogP contribution is 2.15. The fraction of sp³-hybridized carbons (Fsp3) is 0.235. The molecular formula is C17H20N2O5. The number of carbonyl (C=O) groups excluding carboxylic acids is 1. The minimum absolute atomic E-state index is 0.0189. The molecule has 0 unspecified atom stereocenters. The first-order valence-corrected chi connectivity index (χ1v) is 7.36. The van der Waals surface area contributed by atoms with Gasteiger partial charge in [-0.15, -0.1) is 0 Å². The molecule has 2 aromatic carbocycles. The van der Waals surface area contributed by atoms with Crippen LogP contribution in [0.5, 0.6) is 0 Å². The number of hydrogen-bond donors (Lipinski definition) is 3. The SMILES string of the molecule is O=C(c1ccccc1)c1ccc([N+](=O)[O-])cc1.OCCNCCO. The summed E-state index contributed by atoms with van der Waals surface area (Å²) in [6, 6.07) is 14.4. The Labute approximate surface area is 139 Å². The lowest BCUT2D eigenvalue weighted by Gasteiger charge is -2.00. The molecule has 0 spiro atoms. The molecular weight excluding hydrogens is 312 g/mol. The molecule has 0 radical (unpaired) electrons. The first-order valence-electron chi connectivity index (χ1n) is 7.36. The van der Waals surface area contributed by atoms with Gasteiger partial charge in [0.2, 0.25) is 0 Å². The van der Waals surface area contributed by atoms with Gasteiger partial charge in [0.15, 0.2) is 5.78 Å². The lowest BCUT2D eigenvalue weighted by atomic mass is 10.0. The van der Waals surface area contributed by atoms with E-state index in [0.29, 0.717) is 24.2 Å². The van der Waals surface area contributed by atoms with Crippen molar-refractivity contribution in [3.63, 3.8) is 0 Å². The Kier molecular flexibility index (Phi) is 8.91. The third-order valence-electron chi connectivity index (χ3n) is 2.95. The molecule has 0 heterocycles. The van der Waals surface area contributed by atoms with Crippen LogP contribution in [0.25, 0.3) is 0 Å². The standard InChI is InChI=1S/C13H9NO3.C4H11NO2/c15-13(10-4-2-1-3-5-10)11-6-8-12(9-7-11)14(16)17;6-3-1-5-2-4-7/h1-9H;5-7H,1-4H2. The van der Waals surface area contributed by atoms with Crippen LogP contribution in [0, 0.1) is 10.1 Å². The molecule has 24 heavy (non-hydrogen) atoms. The van der Waals surface area contributed by atoms with Crippen LogP contribution in [0.2, 0.25) is 0 Å². The van der Waals surface area contributed by atoms with Gasteiger partial charge in [-0.3, -0.25) is 14.9 Å². The van der Waals surface area contributed by atoms with Crippen LogP contribution in [0.1, 0.15) is 15.9 Å². The van der Waals surface area contributed by atoms with Gasteiger partial charge in [-0.1, -0.05) is 30.3 Å². The third kappa shape index (κ3) is 6.66. The Hall–Kier alpha value is -2.61. The highest BCUT2D eigenvalue weighted by Gasteiger charge is 2.10. The van der Waals surface area contributed by atoms with Crippen molar-refractivity contribution in [3.8, 4) is 0 Å². The molecule has 0 atom stereocenters. The normalized spacial score (nSPS) is 9.75. The molecule has 2 aromatic rings. The maximum Gasteiger partial charge on any atom is 0.269 e. The van der Waals surface area contributed by atoms with Gasteiger partial charge in [-0.25, -0.2) is 0 Å². The molecule has 128 valence electrons. The van der Waals surface area contributed by atoms with Gasteiger partial charge in [-0.05, 0) is 12.1 Å². The molecule has 2 rings (SSSR count). The number of ketones is 1. The van der Waals surface area contributed by atoms with E-state index in [1.54, 1.807) is 24.3 Å². The predicted molar refractivity (Wildman–Crippen MR) is 90.0 cm³/mol. The molecule has 0 amide bonds. The van der Waals surface area contributed by atoms with E-state index in [1.807, 2.05) is 6.07 Å². The summed E-state index contributed by atoms with van der Waals surface area (Å²) in [5, 5.41) is 29.6. The maximum absolute atomic E-state index is 12.0. The van der Waals surface area contributed by atoms with Gasteiger partial charge in [-0.2, -0.15) is 0 Å². The monoisotopic (exact) mass is 332 g/mol. The van der Waals surface area contributed by atoms with E-state index in [-0.39, 0.29) is 24.7 Å². The number of nitrogens with zero attached hydrogens (tertiary/aromatic N) is 1. The Morgan fingerprint density at radius 1 is 0.917 bits per heavy atom. The average molecular weight is 332 g/mol. The lowest BCUT2D eigenvalue weighted by Crippen LogP contribution is -2.21. The molecule has 3 N–H and O–H groups in total. The average Bonchev–Trinajstić information content (AvgIpc) is 2.63. The minimum atomic E-state index is -0.489. The quantitative estimate of drug-likeness (QED) is 0.306. The maximum atomic E-state index is 12.0. The largest absolute Gasteiger partial charge is 0.395 e. The second kappa shape index (κ2) is 11.0. The van der Waals surface area contributed by atoms with Crippen molar-refractivity contribution in [1.29, 1.82) is 0 Å². The molecule has 7 nitrogen and oxygen atoms in total. The van der Waals surface area contributed by atoms with Crippen molar-refractivity contribution in [2.75, 3.05) is 26.3 Å². The summed E-state index contributed by atoms with van der Waals surface area (Å²) >= 11 is 0. The van der Waals surface area contributed by atoms with Gasteiger partial charge < -0.3 is 15.5 Å². The van der Waals surface area contributed by atoms with E-state index in [4.69, 9.17) is 10.2 Å². The van der Waals surface area contributed by atoms with Crippen molar-refractivity contribution in [3.05, 3.63) is 75.8 Å². The van der Waals surface area contributed by atoms with Crippen LogP contribution in [-0.4, -0.2) is 47.2 Å². The number of nitro groups is 1. The Morgan fingerprint density at radius 3 is 1.88 bits per heavy atom. The minimum Gasteiger partial charge on any atom is -0.395 e. The van der Waals surface area contributed by atoms with E-state index >= 15 is 0 Å². The van der Waals surface area contributed by atoms with Crippen LogP contribution in [0.15, 0.2) is 54.6 Å².